The fraction of sp³-hybridized carbons (Fsp3) is 0.0263. The smallest absolute Gasteiger partial charge is 0.143 e. The molecule has 13 aromatic carbocycles. The van der Waals surface area contributed by atoms with E-state index in [1.807, 2.05) is 0 Å². The molecule has 0 saturated heterocycles. The van der Waals surface area contributed by atoms with Crippen LogP contribution in [0.4, 0.5) is 0 Å². The van der Waals surface area contributed by atoms with Gasteiger partial charge < -0.3 is 4.42 Å². The number of benzene rings is 13. The van der Waals surface area contributed by atoms with Crippen LogP contribution in [-0.2, 0) is 10.8 Å². The summed E-state index contributed by atoms with van der Waals surface area (Å²) in [6.07, 6.45) is 0. The first kappa shape index (κ1) is 43.6. The lowest BCUT2D eigenvalue weighted by Crippen LogP contribution is -2.28. The molecule has 358 valence electrons. The summed E-state index contributed by atoms with van der Waals surface area (Å²) < 4.78 is 6.98. The standard InChI is InChI=1S/C76H48O/c1-5-24-49(25-6-1)75(50-26-7-2-8-27-50)66-43-16-13-33-61(66)72-56(39-22-45-68(72)75)53-35-19-37-58-64(53)48-65-54(36-20-38-59(65)71(58)63-42-21-41-60-55-32-15-18-47-70(55)77-74(60)63)57-40-23-46-69-73(57)62-34-14-17-44-67(62)76(69,51-28-9-3-10-29-51)52-30-11-4-12-31-52/h1-48H. The number of rotatable bonds is 7. The van der Waals surface area contributed by atoms with E-state index < -0.39 is 10.8 Å². The quantitative estimate of drug-likeness (QED) is 0.145. The molecule has 1 aromatic heterocycles. The van der Waals surface area contributed by atoms with E-state index in [2.05, 4.69) is 291 Å². The first-order valence-corrected chi connectivity index (χ1v) is 26.8. The van der Waals surface area contributed by atoms with Crippen LogP contribution in [0, 0.1) is 0 Å². The molecule has 77 heavy (non-hydrogen) atoms. The third-order valence-corrected chi connectivity index (χ3v) is 17.3. The highest BCUT2D eigenvalue weighted by molar-refractivity contribution is 6.23. The predicted octanol–water partition coefficient (Wildman–Crippen LogP) is 19.6. The third kappa shape index (κ3) is 6.00. The maximum absolute atomic E-state index is 6.98. The molecule has 14 aromatic rings. The van der Waals surface area contributed by atoms with Gasteiger partial charge in [0.15, 0.2) is 0 Å². The Labute approximate surface area is 447 Å². The van der Waals surface area contributed by atoms with E-state index in [1.54, 1.807) is 0 Å². The second-order valence-electron chi connectivity index (χ2n) is 20.8. The zero-order chi connectivity index (χ0) is 50.7. The fourth-order valence-electron chi connectivity index (χ4n) is 14.3. The van der Waals surface area contributed by atoms with E-state index >= 15 is 0 Å². The SMILES string of the molecule is c1ccc(C2(c3ccccc3)c3ccccc3-c3c(-c4cccc5c(-c6cccc7c6oc6ccccc67)c6cccc(-c7cccc8c7-c7ccccc7C8(c7ccccc7)c7ccccc7)c6cc45)cccc32)cc1. The van der Waals surface area contributed by atoms with Crippen molar-refractivity contribution in [3.8, 4) is 55.6 Å². The van der Waals surface area contributed by atoms with Crippen LogP contribution in [0.15, 0.2) is 296 Å². The van der Waals surface area contributed by atoms with Crippen molar-refractivity contribution in [1.29, 1.82) is 0 Å². The molecule has 16 rings (SSSR count). The summed E-state index contributed by atoms with van der Waals surface area (Å²) >= 11 is 0. The van der Waals surface area contributed by atoms with E-state index in [9.17, 15) is 0 Å². The van der Waals surface area contributed by atoms with Crippen molar-refractivity contribution in [2.75, 3.05) is 0 Å². The Morgan fingerprint density at radius 3 is 1.03 bits per heavy atom. The number of para-hydroxylation sites is 2. The Kier molecular flexibility index (Phi) is 9.53. The van der Waals surface area contributed by atoms with Crippen LogP contribution >= 0.6 is 0 Å². The molecule has 0 unspecified atom stereocenters. The average molecular weight is 977 g/mol. The number of furan rings is 1. The highest BCUT2D eigenvalue weighted by Crippen LogP contribution is 2.61. The molecule has 0 amide bonds. The van der Waals surface area contributed by atoms with Gasteiger partial charge in [-0.15, -0.1) is 0 Å². The van der Waals surface area contributed by atoms with Gasteiger partial charge in [0.2, 0.25) is 0 Å². The molecule has 0 spiro atoms. The molecule has 0 aliphatic heterocycles. The molecule has 1 heteroatoms. The molecule has 1 heterocycles. The zero-order valence-electron chi connectivity index (χ0n) is 42.1. The minimum absolute atomic E-state index is 0.532. The second-order valence-corrected chi connectivity index (χ2v) is 20.8. The van der Waals surface area contributed by atoms with Crippen molar-refractivity contribution < 1.29 is 4.42 Å². The van der Waals surface area contributed by atoms with Crippen molar-refractivity contribution in [2.45, 2.75) is 10.8 Å². The summed E-state index contributed by atoms with van der Waals surface area (Å²) in [5.41, 5.74) is 23.0. The largest absolute Gasteiger partial charge is 0.455 e. The van der Waals surface area contributed by atoms with Crippen molar-refractivity contribution in [2.24, 2.45) is 0 Å². The molecule has 0 bridgehead atoms. The van der Waals surface area contributed by atoms with Crippen LogP contribution in [0.2, 0.25) is 0 Å². The number of hydrogen-bond acceptors (Lipinski definition) is 1. The molecule has 2 aliphatic carbocycles. The van der Waals surface area contributed by atoms with Gasteiger partial charge in [0.25, 0.3) is 0 Å². The van der Waals surface area contributed by atoms with Crippen LogP contribution in [0.1, 0.15) is 44.5 Å². The van der Waals surface area contributed by atoms with Crippen LogP contribution in [0.3, 0.4) is 0 Å². The molecule has 0 fully saturated rings. The van der Waals surface area contributed by atoms with Crippen molar-refractivity contribution in [3.63, 3.8) is 0 Å². The zero-order valence-corrected chi connectivity index (χ0v) is 42.1. The summed E-state index contributed by atoms with van der Waals surface area (Å²) in [5.74, 6) is 0. The van der Waals surface area contributed by atoms with Crippen LogP contribution in [0.25, 0.3) is 99.1 Å². The highest BCUT2D eigenvalue weighted by atomic mass is 16.3. The van der Waals surface area contributed by atoms with Gasteiger partial charge in [-0.3, -0.25) is 0 Å². The monoisotopic (exact) mass is 976 g/mol. The van der Waals surface area contributed by atoms with Gasteiger partial charge in [0.05, 0.1) is 10.8 Å². The summed E-state index contributed by atoms with van der Waals surface area (Å²) in [4.78, 5) is 0. The first-order valence-electron chi connectivity index (χ1n) is 26.8. The Bertz CT molecular complexity index is 4340. The van der Waals surface area contributed by atoms with Gasteiger partial charge in [-0.25, -0.2) is 0 Å². The topological polar surface area (TPSA) is 13.1 Å². The van der Waals surface area contributed by atoms with E-state index in [0.717, 1.165) is 33.1 Å². The maximum Gasteiger partial charge on any atom is 0.143 e. The Morgan fingerprint density at radius 2 is 0.545 bits per heavy atom. The summed E-state index contributed by atoms with van der Waals surface area (Å²) in [6.45, 7) is 0. The summed E-state index contributed by atoms with van der Waals surface area (Å²) in [7, 11) is 0. The van der Waals surface area contributed by atoms with Gasteiger partial charge in [-0.05, 0) is 123 Å². The van der Waals surface area contributed by atoms with E-state index in [0.29, 0.717) is 0 Å². The molecule has 0 atom stereocenters. The minimum atomic E-state index is -0.532. The molecule has 0 N–H and O–H groups in total. The van der Waals surface area contributed by atoms with Crippen molar-refractivity contribution in [1.82, 2.24) is 0 Å². The second kappa shape index (κ2) is 16.8. The molecule has 2 aliphatic rings. The number of fused-ring (bicyclic) bond motifs is 11. The summed E-state index contributed by atoms with van der Waals surface area (Å²) in [6, 6.07) is 108. The van der Waals surface area contributed by atoms with Crippen LogP contribution in [0.5, 0.6) is 0 Å². The van der Waals surface area contributed by atoms with Gasteiger partial charge in [0, 0.05) is 21.9 Å². The van der Waals surface area contributed by atoms with Gasteiger partial charge in [-0.2, -0.15) is 0 Å². The third-order valence-electron chi connectivity index (χ3n) is 17.3. The Hall–Kier alpha value is -9.82. The van der Waals surface area contributed by atoms with Gasteiger partial charge in [-0.1, -0.05) is 279 Å². The first-order chi connectivity index (χ1) is 38.2. The normalized spacial score (nSPS) is 13.7. The molecule has 0 saturated carbocycles. The van der Waals surface area contributed by atoms with E-state index in [1.165, 1.54) is 111 Å². The fourth-order valence-corrected chi connectivity index (χ4v) is 14.3. The number of hydrogen-bond donors (Lipinski definition) is 0. The minimum Gasteiger partial charge on any atom is -0.455 e. The highest BCUT2D eigenvalue weighted by Gasteiger charge is 2.48. The molecule has 0 radical (unpaired) electrons. The predicted molar refractivity (Wildman–Crippen MR) is 320 cm³/mol. The summed E-state index contributed by atoms with van der Waals surface area (Å²) in [5, 5.41) is 6.97. The average Bonchev–Trinajstić information content (AvgIpc) is 4.18. The maximum atomic E-state index is 6.98. The lowest BCUT2D eigenvalue weighted by molar-refractivity contribution is 0.670. The molecular formula is C76H48O. The van der Waals surface area contributed by atoms with E-state index in [-0.39, 0.29) is 0 Å². The Balaban J connectivity index is 1.03. The van der Waals surface area contributed by atoms with Crippen molar-refractivity contribution in [3.05, 3.63) is 336 Å². The van der Waals surface area contributed by atoms with Gasteiger partial charge >= 0.3 is 0 Å². The van der Waals surface area contributed by atoms with Crippen LogP contribution < -0.4 is 0 Å². The van der Waals surface area contributed by atoms with Gasteiger partial charge in [0.1, 0.15) is 11.2 Å². The molecule has 1 nitrogen and oxygen atoms in total. The van der Waals surface area contributed by atoms with Crippen molar-refractivity contribution >= 4 is 43.5 Å². The molecular weight excluding hydrogens is 929 g/mol. The van der Waals surface area contributed by atoms with Crippen LogP contribution in [-0.4, -0.2) is 0 Å². The van der Waals surface area contributed by atoms with E-state index in [4.69, 9.17) is 4.42 Å². The lowest BCUT2D eigenvalue weighted by Gasteiger charge is -2.34. The lowest BCUT2D eigenvalue weighted by atomic mass is 9.67. The Morgan fingerprint density at radius 1 is 0.208 bits per heavy atom.